The highest BCUT2D eigenvalue weighted by atomic mass is 19.3. The molecule has 8 heteroatoms. The molecule has 28 heavy (non-hydrogen) atoms. The molecule has 0 saturated carbocycles. The van der Waals surface area contributed by atoms with Crippen molar-refractivity contribution in [1.29, 1.82) is 0 Å². The summed E-state index contributed by atoms with van der Waals surface area (Å²) in [5.41, 5.74) is 1.98. The Balaban J connectivity index is 1.74. The summed E-state index contributed by atoms with van der Waals surface area (Å²) in [4.78, 5) is 23.2. The molecule has 2 heterocycles. The van der Waals surface area contributed by atoms with Crippen LogP contribution in [0.3, 0.4) is 0 Å². The van der Waals surface area contributed by atoms with Gasteiger partial charge in [-0.2, -0.15) is 8.78 Å². The molecule has 0 aliphatic heterocycles. The van der Waals surface area contributed by atoms with Crippen molar-refractivity contribution in [2.45, 2.75) is 32.9 Å². The fraction of sp³-hybridized carbons (Fsp3) is 0.250. The summed E-state index contributed by atoms with van der Waals surface area (Å²) < 4.78 is 29.2. The van der Waals surface area contributed by atoms with E-state index < -0.39 is 6.61 Å². The van der Waals surface area contributed by atoms with Crippen LogP contribution in [-0.2, 0) is 6.42 Å². The van der Waals surface area contributed by atoms with Gasteiger partial charge in [-0.15, -0.1) is 0 Å². The average molecular weight is 386 g/mol. The summed E-state index contributed by atoms with van der Waals surface area (Å²) in [5.74, 6) is 1.18. The first kappa shape index (κ1) is 19.5. The zero-order valence-corrected chi connectivity index (χ0v) is 15.4. The Morgan fingerprint density at radius 2 is 2.04 bits per heavy atom. The number of H-pyrrole nitrogens is 1. The van der Waals surface area contributed by atoms with Gasteiger partial charge in [-0.25, -0.2) is 9.97 Å². The van der Waals surface area contributed by atoms with Crippen molar-refractivity contribution in [2.75, 3.05) is 5.32 Å². The Morgan fingerprint density at radius 3 is 2.71 bits per heavy atom. The lowest BCUT2D eigenvalue weighted by atomic mass is 10.1. The third-order valence-electron chi connectivity index (χ3n) is 4.14. The Hall–Kier alpha value is -3.29. The maximum atomic E-state index is 12.4. The lowest BCUT2D eigenvalue weighted by Crippen LogP contribution is -2.11. The third-order valence-corrected chi connectivity index (χ3v) is 4.14. The average Bonchev–Trinajstić information content (AvgIpc) is 2.67. The molecule has 0 radical (unpaired) electrons. The molecule has 146 valence electrons. The van der Waals surface area contributed by atoms with Gasteiger partial charge in [0.05, 0.1) is 6.04 Å². The topological polar surface area (TPSA) is 79.9 Å². The number of alkyl halides is 2. The van der Waals surface area contributed by atoms with Gasteiger partial charge in [0.25, 0.3) is 5.56 Å². The van der Waals surface area contributed by atoms with Crippen LogP contribution in [-0.4, -0.2) is 21.6 Å². The zero-order valence-electron chi connectivity index (χ0n) is 15.4. The van der Waals surface area contributed by atoms with Gasteiger partial charge in [0, 0.05) is 23.5 Å². The van der Waals surface area contributed by atoms with E-state index in [0.717, 1.165) is 5.56 Å². The van der Waals surface area contributed by atoms with Crippen molar-refractivity contribution in [2.24, 2.45) is 0 Å². The van der Waals surface area contributed by atoms with Gasteiger partial charge < -0.3 is 15.0 Å². The Morgan fingerprint density at radius 1 is 1.21 bits per heavy atom. The van der Waals surface area contributed by atoms with Crippen LogP contribution in [0.1, 0.15) is 31.1 Å². The third kappa shape index (κ3) is 4.91. The molecule has 2 aromatic heterocycles. The van der Waals surface area contributed by atoms with Crippen molar-refractivity contribution in [3.63, 3.8) is 0 Å². The fourth-order valence-corrected chi connectivity index (χ4v) is 2.71. The molecule has 2 N–H and O–H groups in total. The minimum atomic E-state index is -2.86. The summed E-state index contributed by atoms with van der Waals surface area (Å²) in [6.07, 6.45) is 2.28. The first-order chi connectivity index (χ1) is 13.4. The monoisotopic (exact) mass is 386 g/mol. The predicted octanol–water partition coefficient (Wildman–Crippen LogP) is 4.17. The second-order valence-corrected chi connectivity index (χ2v) is 6.19. The molecular formula is C20H20F2N4O2. The van der Waals surface area contributed by atoms with Crippen molar-refractivity contribution < 1.29 is 13.5 Å². The molecule has 3 rings (SSSR count). The van der Waals surface area contributed by atoms with Gasteiger partial charge in [-0.3, -0.25) is 4.79 Å². The smallest absolute Gasteiger partial charge is 0.387 e. The van der Waals surface area contributed by atoms with Crippen molar-refractivity contribution in [3.8, 4) is 17.1 Å². The number of ether oxygens (including phenoxy) is 1. The molecule has 0 aliphatic rings. The highest BCUT2D eigenvalue weighted by molar-refractivity contribution is 5.56. The normalized spacial score (nSPS) is 12.0. The standard InChI is InChI=1S/C20H20F2N4O2/c1-3-15-10-18(27)26-19(25-15)14-7-8-17(23-11-14)24-12(2)13-5-4-6-16(9-13)28-20(21)22/h4-12,20H,3H2,1-2H3,(H,23,24)(H,25,26,27)/t12-/m1/s1. The Bertz CT molecular complexity index is 990. The molecule has 1 atom stereocenters. The summed E-state index contributed by atoms with van der Waals surface area (Å²) >= 11 is 0. The van der Waals surface area contributed by atoms with Crippen LogP contribution in [0.2, 0.25) is 0 Å². The van der Waals surface area contributed by atoms with Gasteiger partial charge >= 0.3 is 6.61 Å². The van der Waals surface area contributed by atoms with Gasteiger partial charge in [-0.1, -0.05) is 19.1 Å². The van der Waals surface area contributed by atoms with Crippen molar-refractivity contribution >= 4 is 5.82 Å². The van der Waals surface area contributed by atoms with E-state index in [-0.39, 0.29) is 17.4 Å². The van der Waals surface area contributed by atoms with Gasteiger partial charge in [0.1, 0.15) is 17.4 Å². The van der Waals surface area contributed by atoms with Crippen LogP contribution in [0.4, 0.5) is 14.6 Å². The quantitative estimate of drug-likeness (QED) is 0.637. The number of halogens is 2. The van der Waals surface area contributed by atoms with E-state index in [2.05, 4.69) is 25.0 Å². The number of nitrogens with one attached hydrogen (secondary N) is 2. The number of rotatable bonds is 7. The minimum Gasteiger partial charge on any atom is -0.435 e. The Kier molecular flexibility index (Phi) is 5.98. The number of anilines is 1. The number of hydrogen-bond acceptors (Lipinski definition) is 5. The van der Waals surface area contributed by atoms with E-state index in [0.29, 0.717) is 29.3 Å². The maximum absolute atomic E-state index is 12.4. The number of aromatic amines is 1. The summed E-state index contributed by atoms with van der Waals surface area (Å²) in [7, 11) is 0. The minimum absolute atomic E-state index is 0.107. The number of aromatic nitrogens is 3. The summed E-state index contributed by atoms with van der Waals surface area (Å²) in [6.45, 7) is 0.958. The van der Waals surface area contributed by atoms with Gasteiger partial charge in [0.15, 0.2) is 0 Å². The van der Waals surface area contributed by atoms with E-state index in [4.69, 9.17) is 0 Å². The van der Waals surface area contributed by atoms with E-state index in [9.17, 15) is 13.6 Å². The van der Waals surface area contributed by atoms with Crippen LogP contribution in [0.25, 0.3) is 11.4 Å². The molecular weight excluding hydrogens is 366 g/mol. The van der Waals surface area contributed by atoms with Crippen molar-refractivity contribution in [3.05, 3.63) is 70.3 Å². The predicted molar refractivity (Wildman–Crippen MR) is 103 cm³/mol. The SMILES string of the molecule is CCc1cc(=O)[nH]c(-c2ccc(N[C@H](C)c3cccc(OC(F)F)c3)nc2)n1. The zero-order chi connectivity index (χ0) is 20.1. The van der Waals surface area contributed by atoms with Gasteiger partial charge in [-0.05, 0) is 43.2 Å². The van der Waals surface area contributed by atoms with E-state index in [1.54, 1.807) is 30.5 Å². The van der Waals surface area contributed by atoms with E-state index >= 15 is 0 Å². The number of nitrogens with zero attached hydrogens (tertiary/aromatic N) is 2. The highest BCUT2D eigenvalue weighted by Crippen LogP contribution is 2.24. The van der Waals surface area contributed by atoms with Crippen molar-refractivity contribution in [1.82, 2.24) is 15.0 Å². The lowest BCUT2D eigenvalue weighted by Gasteiger charge is -2.16. The number of benzene rings is 1. The van der Waals surface area contributed by atoms with Crippen LogP contribution in [0.5, 0.6) is 5.75 Å². The lowest BCUT2D eigenvalue weighted by molar-refractivity contribution is -0.0498. The van der Waals surface area contributed by atoms with Crippen LogP contribution < -0.4 is 15.6 Å². The highest BCUT2D eigenvalue weighted by Gasteiger charge is 2.10. The van der Waals surface area contributed by atoms with Gasteiger partial charge in [0.2, 0.25) is 0 Å². The molecule has 6 nitrogen and oxygen atoms in total. The molecule has 0 aliphatic carbocycles. The fourth-order valence-electron chi connectivity index (χ4n) is 2.71. The Labute approximate surface area is 160 Å². The second kappa shape index (κ2) is 8.60. The largest absolute Gasteiger partial charge is 0.435 e. The second-order valence-electron chi connectivity index (χ2n) is 6.19. The molecule has 0 spiro atoms. The number of pyridine rings is 1. The summed E-state index contributed by atoms with van der Waals surface area (Å²) in [5, 5.41) is 3.20. The number of aryl methyl sites for hydroxylation is 1. The number of hydrogen-bond donors (Lipinski definition) is 2. The van der Waals surface area contributed by atoms with Crippen LogP contribution in [0, 0.1) is 0 Å². The molecule has 0 bridgehead atoms. The molecule has 3 aromatic rings. The van der Waals surface area contributed by atoms with Crippen LogP contribution >= 0.6 is 0 Å². The first-order valence-electron chi connectivity index (χ1n) is 8.82. The first-order valence-corrected chi connectivity index (χ1v) is 8.82. The molecule has 0 saturated heterocycles. The molecule has 1 aromatic carbocycles. The summed E-state index contributed by atoms with van der Waals surface area (Å²) in [6, 6.07) is 11.4. The van der Waals surface area contributed by atoms with E-state index in [1.807, 2.05) is 19.9 Å². The molecule has 0 amide bonds. The maximum Gasteiger partial charge on any atom is 0.387 e. The van der Waals surface area contributed by atoms with E-state index in [1.165, 1.54) is 12.1 Å². The molecule has 0 fully saturated rings. The van der Waals surface area contributed by atoms with Crippen LogP contribution in [0.15, 0.2) is 53.5 Å². The molecule has 0 unspecified atom stereocenters.